The summed E-state index contributed by atoms with van der Waals surface area (Å²) in [4.78, 5) is 11.2. The Kier molecular flexibility index (Phi) is 4.28. The number of hydrogen-bond acceptors (Lipinski definition) is 3. The predicted octanol–water partition coefficient (Wildman–Crippen LogP) is 3.45. The minimum atomic E-state index is -0.764. The van der Waals surface area contributed by atoms with Crippen LogP contribution in [0.2, 0.25) is 0 Å². The molecule has 0 N–H and O–H groups in total. The van der Waals surface area contributed by atoms with Crippen molar-refractivity contribution in [2.45, 2.75) is 33.3 Å². The largest absolute Gasteiger partial charge is 0.514 e. The molecule has 3 nitrogen and oxygen atoms in total. The van der Waals surface area contributed by atoms with Crippen LogP contribution in [0.1, 0.15) is 25.8 Å². The molecule has 0 bridgehead atoms. The Morgan fingerprint density at radius 1 is 1.50 bits per heavy atom. The van der Waals surface area contributed by atoms with Crippen LogP contribution in [0, 0.1) is 12.7 Å². The molecule has 0 spiro atoms. The SMILES string of the molecule is CCC(C)OC(=O)Oc1ccc(F)c(C)c1. The summed E-state index contributed by atoms with van der Waals surface area (Å²) in [6.45, 7) is 5.28. The third kappa shape index (κ3) is 3.53. The van der Waals surface area contributed by atoms with Crippen LogP contribution in [-0.2, 0) is 4.74 Å². The van der Waals surface area contributed by atoms with Gasteiger partial charge < -0.3 is 9.47 Å². The molecule has 0 heterocycles. The van der Waals surface area contributed by atoms with E-state index in [-0.39, 0.29) is 17.7 Å². The summed E-state index contributed by atoms with van der Waals surface area (Å²) < 4.78 is 22.7. The quantitative estimate of drug-likeness (QED) is 0.585. The van der Waals surface area contributed by atoms with E-state index in [1.807, 2.05) is 6.92 Å². The topological polar surface area (TPSA) is 35.5 Å². The molecule has 1 aromatic rings. The van der Waals surface area contributed by atoms with Crippen LogP contribution in [0.15, 0.2) is 18.2 Å². The second-order valence-electron chi connectivity index (χ2n) is 3.60. The van der Waals surface area contributed by atoms with Crippen LogP contribution in [-0.4, -0.2) is 12.3 Å². The van der Waals surface area contributed by atoms with E-state index < -0.39 is 6.16 Å². The summed E-state index contributed by atoms with van der Waals surface area (Å²) >= 11 is 0. The highest BCUT2D eigenvalue weighted by Crippen LogP contribution is 2.16. The first-order valence-corrected chi connectivity index (χ1v) is 5.17. The Balaban J connectivity index is 2.59. The fourth-order valence-corrected chi connectivity index (χ4v) is 1.05. The van der Waals surface area contributed by atoms with Gasteiger partial charge in [0.25, 0.3) is 0 Å². The molecular formula is C12H15FO3. The lowest BCUT2D eigenvalue weighted by Crippen LogP contribution is -2.17. The molecule has 0 aliphatic rings. The Morgan fingerprint density at radius 3 is 2.75 bits per heavy atom. The summed E-state index contributed by atoms with van der Waals surface area (Å²) in [6.07, 6.45) is -0.230. The van der Waals surface area contributed by atoms with Gasteiger partial charge in [-0.2, -0.15) is 0 Å². The van der Waals surface area contributed by atoms with Crippen LogP contribution in [0.5, 0.6) is 5.75 Å². The molecule has 0 amide bonds. The van der Waals surface area contributed by atoms with Crippen molar-refractivity contribution in [2.75, 3.05) is 0 Å². The Labute approximate surface area is 94.2 Å². The lowest BCUT2D eigenvalue weighted by atomic mass is 10.2. The van der Waals surface area contributed by atoms with Crippen molar-refractivity contribution in [1.82, 2.24) is 0 Å². The van der Waals surface area contributed by atoms with Crippen molar-refractivity contribution in [1.29, 1.82) is 0 Å². The minimum absolute atomic E-state index is 0.186. The molecule has 0 saturated heterocycles. The van der Waals surface area contributed by atoms with E-state index in [0.29, 0.717) is 5.56 Å². The highest BCUT2D eigenvalue weighted by molar-refractivity contribution is 5.64. The summed E-state index contributed by atoms with van der Waals surface area (Å²) in [5, 5.41) is 0. The summed E-state index contributed by atoms with van der Waals surface area (Å²) in [5.74, 6) is -0.0464. The predicted molar refractivity (Wildman–Crippen MR) is 58.0 cm³/mol. The van der Waals surface area contributed by atoms with Crippen LogP contribution in [0.3, 0.4) is 0 Å². The standard InChI is InChI=1S/C12H15FO3/c1-4-9(3)15-12(14)16-10-5-6-11(13)8(2)7-10/h5-7,9H,4H2,1-3H3. The monoisotopic (exact) mass is 226 g/mol. The smallest absolute Gasteiger partial charge is 0.431 e. The highest BCUT2D eigenvalue weighted by Gasteiger charge is 2.10. The molecule has 0 radical (unpaired) electrons. The van der Waals surface area contributed by atoms with Gasteiger partial charge >= 0.3 is 6.16 Å². The number of benzene rings is 1. The van der Waals surface area contributed by atoms with Gasteiger partial charge in [0.15, 0.2) is 0 Å². The molecule has 1 rings (SSSR count). The Morgan fingerprint density at radius 2 is 2.19 bits per heavy atom. The van der Waals surface area contributed by atoms with Crippen molar-refractivity contribution >= 4 is 6.16 Å². The van der Waals surface area contributed by atoms with Gasteiger partial charge in [-0.15, -0.1) is 0 Å². The molecule has 0 fully saturated rings. The lowest BCUT2D eigenvalue weighted by molar-refractivity contribution is 0.0643. The maximum Gasteiger partial charge on any atom is 0.514 e. The van der Waals surface area contributed by atoms with Gasteiger partial charge in [0, 0.05) is 0 Å². The maximum absolute atomic E-state index is 12.9. The van der Waals surface area contributed by atoms with Gasteiger partial charge in [0.05, 0.1) is 0 Å². The van der Waals surface area contributed by atoms with E-state index in [4.69, 9.17) is 9.47 Å². The molecule has 1 unspecified atom stereocenters. The normalized spacial score (nSPS) is 12.0. The number of carbonyl (C=O) groups excluding carboxylic acids is 1. The lowest BCUT2D eigenvalue weighted by Gasteiger charge is -2.10. The first-order chi connectivity index (χ1) is 7.52. The van der Waals surface area contributed by atoms with Crippen molar-refractivity contribution in [3.05, 3.63) is 29.6 Å². The molecule has 0 saturated carbocycles. The van der Waals surface area contributed by atoms with Gasteiger partial charge in [-0.05, 0) is 44.0 Å². The minimum Gasteiger partial charge on any atom is -0.431 e. The van der Waals surface area contributed by atoms with E-state index in [1.165, 1.54) is 18.2 Å². The second kappa shape index (κ2) is 5.49. The molecule has 16 heavy (non-hydrogen) atoms. The van der Waals surface area contributed by atoms with Gasteiger partial charge in [0.2, 0.25) is 0 Å². The third-order valence-corrected chi connectivity index (χ3v) is 2.20. The molecule has 0 aliphatic heterocycles. The summed E-state index contributed by atoms with van der Waals surface area (Å²) in [6, 6.07) is 4.09. The first kappa shape index (κ1) is 12.5. The summed E-state index contributed by atoms with van der Waals surface area (Å²) in [7, 11) is 0. The highest BCUT2D eigenvalue weighted by atomic mass is 19.1. The summed E-state index contributed by atoms with van der Waals surface area (Å²) in [5.41, 5.74) is 0.425. The van der Waals surface area contributed by atoms with Gasteiger partial charge in [-0.25, -0.2) is 9.18 Å². The number of rotatable bonds is 3. The molecular weight excluding hydrogens is 211 g/mol. The van der Waals surface area contributed by atoms with Crippen molar-refractivity contribution < 1.29 is 18.7 Å². The van der Waals surface area contributed by atoms with Gasteiger partial charge in [0.1, 0.15) is 17.7 Å². The van der Waals surface area contributed by atoms with Gasteiger partial charge in [-0.1, -0.05) is 6.92 Å². The Hall–Kier alpha value is -1.58. The van der Waals surface area contributed by atoms with Crippen LogP contribution >= 0.6 is 0 Å². The zero-order chi connectivity index (χ0) is 12.1. The average molecular weight is 226 g/mol. The van der Waals surface area contributed by atoms with Crippen LogP contribution in [0.25, 0.3) is 0 Å². The zero-order valence-corrected chi connectivity index (χ0v) is 9.62. The Bertz CT molecular complexity index is 377. The molecule has 0 aliphatic carbocycles. The van der Waals surface area contributed by atoms with E-state index in [9.17, 15) is 9.18 Å². The maximum atomic E-state index is 12.9. The molecule has 1 atom stereocenters. The van der Waals surface area contributed by atoms with E-state index in [0.717, 1.165) is 6.42 Å². The zero-order valence-electron chi connectivity index (χ0n) is 9.62. The van der Waals surface area contributed by atoms with Crippen LogP contribution < -0.4 is 4.74 Å². The number of hydrogen-bond donors (Lipinski definition) is 0. The van der Waals surface area contributed by atoms with E-state index in [2.05, 4.69) is 0 Å². The van der Waals surface area contributed by atoms with Crippen molar-refractivity contribution in [3.8, 4) is 5.75 Å². The van der Waals surface area contributed by atoms with Gasteiger partial charge in [-0.3, -0.25) is 0 Å². The number of aryl methyl sites for hydroxylation is 1. The number of ether oxygens (including phenoxy) is 2. The molecule has 0 aromatic heterocycles. The number of carbonyl (C=O) groups is 1. The first-order valence-electron chi connectivity index (χ1n) is 5.17. The van der Waals surface area contributed by atoms with Crippen LogP contribution in [0.4, 0.5) is 9.18 Å². The molecule has 4 heteroatoms. The molecule has 1 aromatic carbocycles. The van der Waals surface area contributed by atoms with E-state index >= 15 is 0 Å². The molecule has 88 valence electrons. The average Bonchev–Trinajstić information content (AvgIpc) is 2.23. The van der Waals surface area contributed by atoms with Crippen molar-refractivity contribution in [3.63, 3.8) is 0 Å². The van der Waals surface area contributed by atoms with E-state index in [1.54, 1.807) is 13.8 Å². The van der Waals surface area contributed by atoms with Crippen molar-refractivity contribution in [2.24, 2.45) is 0 Å². The fourth-order valence-electron chi connectivity index (χ4n) is 1.05. The third-order valence-electron chi connectivity index (χ3n) is 2.20. The second-order valence-corrected chi connectivity index (χ2v) is 3.60. The fraction of sp³-hybridized carbons (Fsp3) is 0.417. The number of halogens is 1.